The number of hydrogen-bond donors (Lipinski definition) is 8. The third kappa shape index (κ3) is 22.0. The SMILES string of the molecule is Cc1cc2cc(-c3cccc(C)c3C(F)(F)F)oc(=O)c2cc1O.Cc1cc2cc(-c3cccc(C)c3C(F)(F)F)oc(=O)c2cc1O.Cc1cc2cc(-c3ccccc3C(F)(F)F)oc(=O)c2cc1O.O=c1oc(-c2cccc(C(F)(F)F)c2)cc2cc(O)c(O)cc12.O=c1oc(-c2ccccc2C(F)(F)F)cc2cc(O)c(O)cc12.O=c1oc(-c2ccccc2C(F)(F)F)cc2ccc(O)cc12. The third-order valence-corrected chi connectivity index (χ3v) is 21.3. The number of aryl methyl sites for hydroxylation is 5. The molecule has 0 aliphatic heterocycles. The Bertz CT molecular complexity index is 7940. The van der Waals surface area contributed by atoms with Crippen LogP contribution in [0.15, 0.2) is 304 Å². The van der Waals surface area contributed by atoms with Crippen LogP contribution in [0.25, 0.3) is 133 Å². The molecular weight excluding hydrogens is 1880 g/mol. The van der Waals surface area contributed by atoms with Crippen molar-refractivity contribution in [2.24, 2.45) is 0 Å². The molecule has 0 atom stereocenters. The number of hydrogen-bond acceptors (Lipinski definition) is 20. The van der Waals surface area contributed by atoms with Crippen molar-refractivity contribution in [2.45, 2.75) is 71.7 Å². The largest absolute Gasteiger partial charge is 0.508 e. The molecule has 6 aromatic heterocycles. The maximum atomic E-state index is 13.4. The van der Waals surface area contributed by atoms with E-state index in [4.69, 9.17) is 26.5 Å². The first-order chi connectivity index (χ1) is 65.0. The number of phenols is 8. The van der Waals surface area contributed by atoms with Gasteiger partial charge in [-0.25, -0.2) is 28.8 Å². The fourth-order valence-electron chi connectivity index (χ4n) is 14.6. The zero-order valence-corrected chi connectivity index (χ0v) is 71.5. The molecule has 38 heteroatoms. The van der Waals surface area contributed by atoms with Crippen LogP contribution in [0.2, 0.25) is 0 Å². The second kappa shape index (κ2) is 38.4. The Morgan fingerprint density at radius 3 is 0.784 bits per heavy atom. The van der Waals surface area contributed by atoms with Crippen molar-refractivity contribution in [1.82, 2.24) is 0 Å². The van der Waals surface area contributed by atoms with Crippen molar-refractivity contribution in [3.63, 3.8) is 0 Å². The molecular formula is C101H64F18O20. The number of fused-ring (bicyclic) bond motifs is 6. The van der Waals surface area contributed by atoms with Gasteiger partial charge in [-0.2, -0.15) is 79.0 Å². The first-order valence-electron chi connectivity index (χ1n) is 40.1. The van der Waals surface area contributed by atoms with Gasteiger partial charge in [-0.1, -0.05) is 109 Å². The number of benzene rings is 12. The highest BCUT2D eigenvalue weighted by atomic mass is 19.4. The molecule has 139 heavy (non-hydrogen) atoms. The van der Waals surface area contributed by atoms with Crippen LogP contribution >= 0.6 is 0 Å². The van der Waals surface area contributed by atoms with Crippen LogP contribution < -0.4 is 33.8 Å². The number of aromatic hydroxyl groups is 8. The topological polar surface area (TPSA) is 343 Å². The van der Waals surface area contributed by atoms with Crippen LogP contribution in [0.4, 0.5) is 79.0 Å². The van der Waals surface area contributed by atoms with Gasteiger partial charge in [-0.3, -0.25) is 0 Å². The summed E-state index contributed by atoms with van der Waals surface area (Å²) in [5, 5.41) is 78.6. The van der Waals surface area contributed by atoms with Gasteiger partial charge in [0.15, 0.2) is 23.0 Å². The normalized spacial score (nSPS) is 11.8. The summed E-state index contributed by atoms with van der Waals surface area (Å²) in [6, 6.07) is 51.6. The van der Waals surface area contributed by atoms with E-state index in [1.807, 2.05) is 0 Å². The monoisotopic (exact) mass is 1940 g/mol. The summed E-state index contributed by atoms with van der Waals surface area (Å²) in [6.07, 6.45) is -27.4. The van der Waals surface area contributed by atoms with Crippen LogP contribution in [-0.4, -0.2) is 40.9 Å². The first-order valence-corrected chi connectivity index (χ1v) is 40.1. The van der Waals surface area contributed by atoms with E-state index in [0.29, 0.717) is 38.2 Å². The van der Waals surface area contributed by atoms with Crippen LogP contribution in [-0.2, 0) is 37.1 Å². The lowest BCUT2D eigenvalue weighted by atomic mass is 9.98. The maximum absolute atomic E-state index is 13.4. The fraction of sp³-hybridized carbons (Fsp3) is 0.109. The average molecular weight is 1940 g/mol. The van der Waals surface area contributed by atoms with E-state index in [1.54, 1.807) is 20.8 Å². The molecule has 6 heterocycles. The second-order valence-corrected chi connectivity index (χ2v) is 30.9. The zero-order valence-electron chi connectivity index (χ0n) is 71.5. The van der Waals surface area contributed by atoms with Crippen molar-refractivity contribution in [3.8, 4) is 114 Å². The summed E-state index contributed by atoms with van der Waals surface area (Å²) >= 11 is 0. The van der Waals surface area contributed by atoms with Crippen LogP contribution in [0.5, 0.6) is 46.0 Å². The van der Waals surface area contributed by atoms with Crippen molar-refractivity contribution >= 4 is 64.6 Å². The molecule has 20 nitrogen and oxygen atoms in total. The average Bonchev–Trinajstić information content (AvgIpc) is 0.795. The Labute approximate surface area is 765 Å². The molecule has 0 unspecified atom stereocenters. The summed E-state index contributed by atoms with van der Waals surface area (Å²) in [5.74, 6) is -3.29. The Morgan fingerprint density at radius 2 is 0.468 bits per heavy atom. The molecule has 0 radical (unpaired) electrons. The quantitative estimate of drug-likeness (QED) is 0.0566. The van der Waals surface area contributed by atoms with Crippen LogP contribution in [0, 0.1) is 34.6 Å². The molecule has 0 bridgehead atoms. The fourth-order valence-corrected chi connectivity index (χ4v) is 14.6. The lowest BCUT2D eigenvalue weighted by molar-refractivity contribution is -0.138. The predicted octanol–water partition coefficient (Wildman–Crippen LogP) is 26.1. The standard InChI is InChI=1S/2C18H13F3O3.C17H11F3O3.2C16H9F3O4.C16H9F3O3/c2*1-9-4-3-5-12(16(9)18(19,20)21)15-7-11-6-10(2)14(22)8-13(11)17(23)24-15;1-9-6-10-7-15(23-16(22)12(10)8-14(9)21)11-4-2-3-5-13(11)17(18,19)20;17-16(18,19)10-3-1-2-8(4-10)14-6-9-5-12(20)13(21)7-11(9)15(22)23-14;17-16(18,19)11-4-2-1-3-9(11)14-6-8-5-12(20)13(21)7-10(8)15(22)23-14;17-16(18,19)13-4-2-1-3-11(13)14-7-9-5-6-10(20)8-12(9)15(21)22-14/h2*3-8,22H,1-2H3;2-8,21H,1H3;2*1-7,20-21H;1-8,20H. The number of alkyl halides is 18. The van der Waals surface area contributed by atoms with E-state index >= 15 is 0 Å². The molecule has 0 saturated heterocycles. The number of phenolic OH excluding ortho intramolecular Hbond substituents is 8. The molecule has 0 aliphatic rings. The zero-order chi connectivity index (χ0) is 102. The van der Waals surface area contributed by atoms with Crippen molar-refractivity contribution in [1.29, 1.82) is 0 Å². The summed E-state index contributed by atoms with van der Waals surface area (Å²) in [7, 11) is 0. The minimum Gasteiger partial charge on any atom is -0.508 e. The Kier molecular flexibility index (Phi) is 27.5. The molecule has 0 fully saturated rings. The molecule has 0 amide bonds. The van der Waals surface area contributed by atoms with Crippen molar-refractivity contribution < 1.29 is 146 Å². The van der Waals surface area contributed by atoms with Crippen LogP contribution in [0.1, 0.15) is 61.2 Å². The van der Waals surface area contributed by atoms with E-state index in [-0.39, 0.29) is 145 Å². The van der Waals surface area contributed by atoms with Gasteiger partial charge in [0.25, 0.3) is 0 Å². The van der Waals surface area contributed by atoms with Gasteiger partial charge in [0.2, 0.25) is 0 Å². The van der Waals surface area contributed by atoms with Crippen molar-refractivity contribution in [3.05, 3.63) is 372 Å². The summed E-state index contributed by atoms with van der Waals surface area (Å²) in [5.41, 5.74) is -9.53. The highest BCUT2D eigenvalue weighted by Gasteiger charge is 2.40. The number of halogens is 18. The highest BCUT2D eigenvalue weighted by Crippen LogP contribution is 2.46. The summed E-state index contributed by atoms with van der Waals surface area (Å²) in [6.45, 7) is 7.61. The minimum absolute atomic E-state index is 0.0102. The molecule has 8 N–H and O–H groups in total. The second-order valence-electron chi connectivity index (χ2n) is 30.9. The maximum Gasteiger partial charge on any atom is 0.417 e. The molecule has 18 aromatic rings. The first kappa shape index (κ1) is 99.5. The van der Waals surface area contributed by atoms with E-state index < -0.39 is 127 Å². The highest BCUT2D eigenvalue weighted by molar-refractivity contribution is 5.92. The van der Waals surface area contributed by atoms with Gasteiger partial charge in [0.1, 0.15) is 57.6 Å². The van der Waals surface area contributed by atoms with Gasteiger partial charge < -0.3 is 67.4 Å². The van der Waals surface area contributed by atoms with Gasteiger partial charge in [0.05, 0.1) is 65.7 Å². The predicted molar refractivity (Wildman–Crippen MR) is 475 cm³/mol. The van der Waals surface area contributed by atoms with Crippen LogP contribution in [0.3, 0.4) is 0 Å². The van der Waals surface area contributed by atoms with E-state index in [2.05, 4.69) is 0 Å². The smallest absolute Gasteiger partial charge is 0.417 e. The van der Waals surface area contributed by atoms with Gasteiger partial charge in [-0.15, -0.1) is 0 Å². The third-order valence-electron chi connectivity index (χ3n) is 21.3. The van der Waals surface area contributed by atoms with Crippen molar-refractivity contribution in [2.75, 3.05) is 0 Å². The Balaban J connectivity index is 0.000000141. The van der Waals surface area contributed by atoms with Gasteiger partial charge >= 0.3 is 70.8 Å². The Morgan fingerprint density at radius 1 is 0.209 bits per heavy atom. The molecule has 18 rings (SSSR count). The molecule has 714 valence electrons. The van der Waals surface area contributed by atoms with Gasteiger partial charge in [-0.05, 0) is 234 Å². The lowest BCUT2D eigenvalue weighted by Gasteiger charge is -2.15. The number of rotatable bonds is 6. The van der Waals surface area contributed by atoms with E-state index in [9.17, 15) is 149 Å². The Hall–Kier alpha value is -17.0. The molecule has 0 aliphatic carbocycles. The minimum atomic E-state index is -4.61. The lowest BCUT2D eigenvalue weighted by Crippen LogP contribution is -2.10. The summed E-state index contributed by atoms with van der Waals surface area (Å²) < 4.78 is 266. The molecule has 0 spiro atoms. The molecule has 0 saturated carbocycles. The van der Waals surface area contributed by atoms with E-state index in [1.165, 1.54) is 208 Å². The van der Waals surface area contributed by atoms with E-state index in [0.717, 1.165) is 54.6 Å². The summed E-state index contributed by atoms with van der Waals surface area (Å²) in [4.78, 5) is 72.1. The van der Waals surface area contributed by atoms with Gasteiger partial charge in [0, 0.05) is 33.4 Å². The molecule has 12 aromatic carbocycles.